The predicted octanol–water partition coefficient (Wildman–Crippen LogP) is 3.97. The van der Waals surface area contributed by atoms with Crippen LogP contribution in [0.5, 0.6) is 17.4 Å². The summed E-state index contributed by atoms with van der Waals surface area (Å²) in [4.78, 5) is 7.75. The van der Waals surface area contributed by atoms with E-state index in [1.165, 1.54) is 7.11 Å². The molecule has 0 amide bonds. The van der Waals surface area contributed by atoms with E-state index in [-0.39, 0.29) is 23.5 Å². The topological polar surface area (TPSA) is 91.0 Å². The molecule has 11 heteroatoms. The van der Waals surface area contributed by atoms with Crippen molar-refractivity contribution in [3.63, 3.8) is 0 Å². The number of ether oxygens (including phenoxy) is 3. The lowest BCUT2D eigenvalue weighted by Gasteiger charge is -2.12. The van der Waals surface area contributed by atoms with Gasteiger partial charge in [-0.15, -0.1) is 0 Å². The van der Waals surface area contributed by atoms with Crippen molar-refractivity contribution in [1.82, 2.24) is 4.98 Å². The second kappa shape index (κ2) is 10.1. The molecule has 0 radical (unpaired) electrons. The number of anilines is 1. The second-order valence-electron chi connectivity index (χ2n) is 5.67. The number of hydrogen-bond donors (Lipinski definition) is 2. The highest BCUT2D eigenvalue weighted by molar-refractivity contribution is 6.31. The Labute approximate surface area is 170 Å². The first kappa shape index (κ1) is 22.4. The number of rotatable bonds is 8. The summed E-state index contributed by atoms with van der Waals surface area (Å²) in [6, 6.07) is 5.95. The van der Waals surface area contributed by atoms with Crippen molar-refractivity contribution in [3.8, 4) is 17.4 Å². The van der Waals surface area contributed by atoms with E-state index < -0.39 is 11.7 Å². The second-order valence-corrected chi connectivity index (χ2v) is 6.08. The number of halogens is 4. The Kier molecular flexibility index (Phi) is 7.77. The number of pyridine rings is 1. The molecule has 0 bridgehead atoms. The number of aromatic nitrogens is 1. The van der Waals surface area contributed by atoms with E-state index in [1.54, 1.807) is 25.3 Å². The molecular formula is C18H20ClF3N4O3. The molecule has 0 atom stereocenters. The van der Waals surface area contributed by atoms with Crippen molar-refractivity contribution >= 4 is 23.2 Å². The Hall–Kier alpha value is -2.88. The van der Waals surface area contributed by atoms with Gasteiger partial charge in [0, 0.05) is 25.2 Å². The number of nitrogens with zero attached hydrogens (tertiary/aromatic N) is 2. The minimum atomic E-state index is -4.51. The van der Waals surface area contributed by atoms with Gasteiger partial charge in [-0.3, -0.25) is 4.99 Å². The van der Waals surface area contributed by atoms with Gasteiger partial charge in [0.15, 0.2) is 5.96 Å². The third-order valence-electron chi connectivity index (χ3n) is 3.63. The molecule has 2 rings (SSSR count). The first-order valence-electron chi connectivity index (χ1n) is 8.39. The third-order valence-corrected chi connectivity index (χ3v) is 3.90. The Bertz CT molecular complexity index is 863. The molecule has 1 heterocycles. The Morgan fingerprint density at radius 2 is 2.00 bits per heavy atom. The molecule has 0 unspecified atom stereocenters. The summed E-state index contributed by atoms with van der Waals surface area (Å²) >= 11 is 5.78. The van der Waals surface area contributed by atoms with Crippen LogP contribution in [-0.4, -0.2) is 38.3 Å². The van der Waals surface area contributed by atoms with E-state index in [9.17, 15) is 13.2 Å². The minimum absolute atomic E-state index is 0.0733. The van der Waals surface area contributed by atoms with Crippen LogP contribution in [0.4, 0.5) is 18.9 Å². The van der Waals surface area contributed by atoms with Gasteiger partial charge in [0.1, 0.15) is 16.5 Å². The molecule has 1 aromatic heterocycles. The van der Waals surface area contributed by atoms with Gasteiger partial charge < -0.3 is 25.3 Å². The molecule has 0 spiro atoms. The van der Waals surface area contributed by atoms with Crippen molar-refractivity contribution in [2.24, 2.45) is 10.7 Å². The van der Waals surface area contributed by atoms with Crippen LogP contribution in [0.15, 0.2) is 35.5 Å². The van der Waals surface area contributed by atoms with E-state index in [0.29, 0.717) is 36.3 Å². The van der Waals surface area contributed by atoms with Crippen molar-refractivity contribution < 1.29 is 27.4 Å². The van der Waals surface area contributed by atoms with Crippen molar-refractivity contribution in [1.29, 1.82) is 0 Å². The van der Waals surface area contributed by atoms with Gasteiger partial charge >= 0.3 is 6.18 Å². The highest BCUT2D eigenvalue weighted by Gasteiger charge is 2.31. The van der Waals surface area contributed by atoms with Crippen LogP contribution in [0, 0.1) is 0 Å². The normalized spacial score (nSPS) is 11.9. The first-order chi connectivity index (χ1) is 13.7. The monoisotopic (exact) mass is 432 g/mol. The van der Waals surface area contributed by atoms with Crippen LogP contribution in [0.2, 0.25) is 5.02 Å². The van der Waals surface area contributed by atoms with E-state index in [2.05, 4.69) is 15.3 Å². The van der Waals surface area contributed by atoms with Crippen molar-refractivity contribution in [2.75, 3.05) is 32.7 Å². The fraction of sp³-hybridized carbons (Fsp3) is 0.333. The average Bonchev–Trinajstić information content (AvgIpc) is 2.67. The molecule has 2 aromatic rings. The SMILES string of the molecule is COc1ccc(OC)c(NC(N)=NCCCOc2ncc(C(F)(F)F)cc2Cl)c1. The lowest BCUT2D eigenvalue weighted by atomic mass is 10.2. The maximum Gasteiger partial charge on any atom is 0.417 e. The first-order valence-corrected chi connectivity index (χ1v) is 8.77. The molecule has 0 aliphatic carbocycles. The number of nitrogens with one attached hydrogen (secondary N) is 1. The van der Waals surface area contributed by atoms with Crippen LogP contribution in [-0.2, 0) is 6.18 Å². The van der Waals surface area contributed by atoms with Gasteiger partial charge in [-0.2, -0.15) is 13.2 Å². The largest absolute Gasteiger partial charge is 0.497 e. The zero-order valence-corrected chi connectivity index (χ0v) is 16.5. The lowest BCUT2D eigenvalue weighted by molar-refractivity contribution is -0.137. The summed E-state index contributed by atoms with van der Waals surface area (Å²) in [5.74, 6) is 1.27. The van der Waals surface area contributed by atoms with Gasteiger partial charge in [-0.25, -0.2) is 4.98 Å². The number of nitrogens with two attached hydrogens (primary N) is 1. The molecular weight excluding hydrogens is 413 g/mol. The van der Waals surface area contributed by atoms with E-state index >= 15 is 0 Å². The lowest BCUT2D eigenvalue weighted by Crippen LogP contribution is -2.23. The van der Waals surface area contributed by atoms with Crippen molar-refractivity contribution in [2.45, 2.75) is 12.6 Å². The standard InChI is InChI=1S/C18H20ClF3N4O3/c1-27-12-4-5-15(28-2)14(9-12)26-17(23)24-6-3-7-29-16-13(19)8-11(10-25-16)18(20,21)22/h4-5,8-10H,3,6-7H2,1-2H3,(H3,23,24,26). The highest BCUT2D eigenvalue weighted by atomic mass is 35.5. The molecule has 7 nitrogen and oxygen atoms in total. The summed E-state index contributed by atoms with van der Waals surface area (Å²) in [5, 5.41) is 2.70. The number of hydrogen-bond acceptors (Lipinski definition) is 5. The molecule has 158 valence electrons. The molecule has 1 aromatic carbocycles. The Morgan fingerprint density at radius 3 is 2.62 bits per heavy atom. The van der Waals surface area contributed by atoms with Gasteiger partial charge in [0.25, 0.3) is 0 Å². The summed E-state index contributed by atoms with van der Waals surface area (Å²) < 4.78 is 53.4. The van der Waals surface area contributed by atoms with E-state index in [4.69, 9.17) is 31.5 Å². The van der Waals surface area contributed by atoms with Gasteiger partial charge in [0.05, 0.1) is 32.1 Å². The minimum Gasteiger partial charge on any atom is -0.497 e. The maximum absolute atomic E-state index is 12.6. The molecule has 29 heavy (non-hydrogen) atoms. The summed E-state index contributed by atoms with van der Waals surface area (Å²) in [6.45, 7) is 0.459. The van der Waals surface area contributed by atoms with Crippen molar-refractivity contribution in [3.05, 3.63) is 41.0 Å². The fourth-order valence-corrected chi connectivity index (χ4v) is 2.43. The van der Waals surface area contributed by atoms with Crippen LogP contribution in [0.1, 0.15) is 12.0 Å². The highest BCUT2D eigenvalue weighted by Crippen LogP contribution is 2.33. The zero-order valence-electron chi connectivity index (χ0n) is 15.7. The fourth-order valence-electron chi connectivity index (χ4n) is 2.21. The summed E-state index contributed by atoms with van der Waals surface area (Å²) in [6.07, 6.45) is -3.40. The van der Waals surface area contributed by atoms with Gasteiger partial charge in [-0.1, -0.05) is 11.6 Å². The van der Waals surface area contributed by atoms with Crippen LogP contribution in [0.3, 0.4) is 0 Å². The van der Waals surface area contributed by atoms with Gasteiger partial charge in [0.2, 0.25) is 5.88 Å². The van der Waals surface area contributed by atoms with Gasteiger partial charge in [-0.05, 0) is 18.2 Å². The number of benzene rings is 1. The number of methoxy groups -OCH3 is 2. The van der Waals surface area contributed by atoms with E-state index in [0.717, 1.165) is 6.07 Å². The summed E-state index contributed by atoms with van der Waals surface area (Å²) in [5.41, 5.74) is 5.51. The summed E-state index contributed by atoms with van der Waals surface area (Å²) in [7, 11) is 3.07. The predicted molar refractivity (Wildman–Crippen MR) is 104 cm³/mol. The molecule has 0 saturated heterocycles. The Balaban J connectivity index is 1.85. The smallest absolute Gasteiger partial charge is 0.417 e. The molecule has 0 aliphatic heterocycles. The molecule has 0 aliphatic rings. The van der Waals surface area contributed by atoms with E-state index in [1.807, 2.05) is 0 Å². The third kappa shape index (κ3) is 6.60. The number of guanidine groups is 1. The van der Waals surface area contributed by atoms with Crippen LogP contribution >= 0.6 is 11.6 Å². The van der Waals surface area contributed by atoms with Crippen LogP contribution in [0.25, 0.3) is 0 Å². The van der Waals surface area contributed by atoms with Crippen LogP contribution < -0.4 is 25.3 Å². The number of alkyl halides is 3. The molecule has 0 fully saturated rings. The number of aliphatic imine (C=N–C) groups is 1. The maximum atomic E-state index is 12.6. The quantitative estimate of drug-likeness (QED) is 0.372. The molecule has 0 saturated carbocycles. The molecule has 3 N–H and O–H groups in total. The Morgan fingerprint density at radius 1 is 1.24 bits per heavy atom. The zero-order chi connectivity index (χ0) is 21.4. The average molecular weight is 433 g/mol.